The molecule has 66 heavy (non-hydrogen) atoms. The van der Waals surface area contributed by atoms with E-state index in [0.29, 0.717) is 98.4 Å². The molecule has 0 bridgehead atoms. The van der Waals surface area contributed by atoms with Crippen LogP contribution in [0.25, 0.3) is 22.0 Å². The quantitative estimate of drug-likeness (QED) is 0.213. The molecule has 7 unspecified atom stereocenters. The Kier molecular flexibility index (Phi) is 12.6. The average Bonchev–Trinajstić information content (AvgIpc) is 4.19. The number of pyridine rings is 1. The number of halogens is 3. The number of carbonyl (C=O) groups is 4. The number of allylic oxidation sites excluding steroid dienone is 1. The summed E-state index contributed by atoms with van der Waals surface area (Å²) in [5, 5.41) is 5.74. The second-order valence-corrected chi connectivity index (χ2v) is 20.5. The van der Waals surface area contributed by atoms with Gasteiger partial charge in [0.25, 0.3) is 5.91 Å². The number of fused-ring (bicyclic) bond motifs is 4. The first-order valence-electron chi connectivity index (χ1n) is 22.1. The van der Waals surface area contributed by atoms with E-state index < -0.39 is 86.4 Å². The normalized spacial score (nSPS) is 27.1. The van der Waals surface area contributed by atoms with Crippen molar-refractivity contribution in [3.63, 3.8) is 0 Å². The third-order valence-corrected chi connectivity index (χ3v) is 14.9. The second kappa shape index (κ2) is 17.8. The Morgan fingerprint density at radius 1 is 0.985 bits per heavy atom. The van der Waals surface area contributed by atoms with Crippen LogP contribution < -0.4 is 34.3 Å². The third-order valence-electron chi connectivity index (χ3n) is 13.0. The van der Waals surface area contributed by atoms with Gasteiger partial charge < -0.3 is 39.2 Å². The van der Waals surface area contributed by atoms with Crippen molar-refractivity contribution in [2.24, 2.45) is 17.8 Å². The molecule has 3 fully saturated rings. The van der Waals surface area contributed by atoms with Gasteiger partial charge in [0, 0.05) is 23.3 Å². The van der Waals surface area contributed by atoms with Gasteiger partial charge >= 0.3 is 12.3 Å². The number of methoxy groups -OCH3 is 1. The largest absolute Gasteiger partial charge is 0.497 e. The van der Waals surface area contributed by atoms with Crippen LogP contribution in [0.5, 0.6) is 23.1 Å². The Labute approximate surface area is 380 Å². The molecule has 3 aromatic rings. The monoisotopic (exact) mass is 941 g/mol. The number of amides is 4. The Morgan fingerprint density at radius 2 is 1.73 bits per heavy atom. The molecule has 7 atom stereocenters. The lowest BCUT2D eigenvalue weighted by Crippen LogP contribution is -2.59. The SMILES string of the molecule is COc1ccc2c(OC3CC4C(=O)NC5(C(=O)NS(=O)(=O)C6CC6)CC5C=CCCC(C)CC(C)C(NC(=O)OC(C)(C)C(F)(F)F)C(=O)N4C3)nc(-c3ccc4c(c3)OCCO4)cc2c1. The number of alkyl halides is 3. The predicted molar refractivity (Wildman–Crippen MR) is 233 cm³/mol. The molecule has 5 aliphatic rings. The molecule has 2 saturated carbocycles. The number of nitrogens with one attached hydrogen (secondary N) is 3. The van der Waals surface area contributed by atoms with Crippen LogP contribution in [0.3, 0.4) is 0 Å². The summed E-state index contributed by atoms with van der Waals surface area (Å²) in [5.41, 5.74) is -3.42. The summed E-state index contributed by atoms with van der Waals surface area (Å²) >= 11 is 0. The van der Waals surface area contributed by atoms with Gasteiger partial charge in [-0.25, -0.2) is 18.2 Å². The van der Waals surface area contributed by atoms with Gasteiger partial charge in [-0.15, -0.1) is 0 Å². The van der Waals surface area contributed by atoms with Crippen LogP contribution in [0, 0.1) is 17.8 Å². The summed E-state index contributed by atoms with van der Waals surface area (Å²) in [4.78, 5) is 63.1. The number of alkyl carbamates (subject to hydrolysis) is 1. The molecule has 1 aromatic heterocycles. The highest BCUT2D eigenvalue weighted by atomic mass is 32.2. The van der Waals surface area contributed by atoms with Crippen molar-refractivity contribution in [1.82, 2.24) is 25.2 Å². The van der Waals surface area contributed by atoms with Gasteiger partial charge in [0.05, 0.1) is 24.6 Å². The van der Waals surface area contributed by atoms with Crippen molar-refractivity contribution in [2.75, 3.05) is 26.9 Å². The highest BCUT2D eigenvalue weighted by molar-refractivity contribution is 7.91. The Hall–Kier alpha value is -5.79. The standard InChI is InChI=1S/C46H54F3N5O11S/c1-25-8-6-7-9-29-23-45(29,42(57)53-66(59,60)32-12-13-32)52-39(55)35-22-31(24-54(35)41(56)38(26(2)18-25)51-43(58)65-44(3,4)46(47,48)49)64-40-33-14-11-30(61-5)19-28(33)20-34(50-40)27-10-15-36-37(21-27)63-17-16-62-36/h7,9-11,14-15,19-21,25-26,29,31-32,35,38H,6,8,12-13,16-18,22-24H2,1-5H3,(H,51,58)(H,52,55)(H,53,57). The maximum atomic E-state index is 15.0. The zero-order valence-corrected chi connectivity index (χ0v) is 38.1. The number of nitrogens with zero attached hydrogens (tertiary/aromatic N) is 2. The number of rotatable bonds is 9. The number of hydrogen-bond acceptors (Lipinski definition) is 12. The van der Waals surface area contributed by atoms with Crippen LogP contribution in [0.1, 0.15) is 72.6 Å². The molecule has 8 rings (SSSR count). The first-order chi connectivity index (χ1) is 31.2. The van der Waals surface area contributed by atoms with E-state index >= 15 is 4.79 Å². The van der Waals surface area contributed by atoms with Crippen LogP contribution in [0.15, 0.2) is 54.6 Å². The lowest BCUT2D eigenvalue weighted by Gasteiger charge is -2.34. The maximum Gasteiger partial charge on any atom is 0.427 e. The Balaban J connectivity index is 1.16. The van der Waals surface area contributed by atoms with Crippen molar-refractivity contribution >= 4 is 44.6 Å². The number of ether oxygens (including phenoxy) is 5. The first-order valence-corrected chi connectivity index (χ1v) is 23.7. The molecule has 1 saturated heterocycles. The number of benzene rings is 2. The summed E-state index contributed by atoms with van der Waals surface area (Å²) in [6.07, 6.45) is -1.52. The van der Waals surface area contributed by atoms with Crippen molar-refractivity contribution in [2.45, 2.75) is 113 Å². The van der Waals surface area contributed by atoms with E-state index in [1.807, 2.05) is 25.1 Å². The molecule has 0 spiro atoms. The predicted octanol–water partition coefficient (Wildman–Crippen LogP) is 5.96. The van der Waals surface area contributed by atoms with E-state index in [-0.39, 0.29) is 31.2 Å². The lowest BCUT2D eigenvalue weighted by atomic mass is 9.88. The molecule has 356 valence electrons. The minimum absolute atomic E-state index is 0.0601. The van der Waals surface area contributed by atoms with Gasteiger partial charge in [-0.2, -0.15) is 13.2 Å². The zero-order chi connectivity index (χ0) is 47.3. The fourth-order valence-electron chi connectivity index (χ4n) is 8.87. The fourth-order valence-corrected chi connectivity index (χ4v) is 10.2. The minimum atomic E-state index is -4.93. The van der Waals surface area contributed by atoms with Crippen molar-refractivity contribution in [3.05, 3.63) is 54.6 Å². The van der Waals surface area contributed by atoms with Gasteiger partial charge in [-0.1, -0.05) is 26.0 Å². The smallest absolute Gasteiger partial charge is 0.427 e. The average molecular weight is 942 g/mol. The number of aromatic nitrogens is 1. The molecule has 0 radical (unpaired) electrons. The van der Waals surface area contributed by atoms with Crippen LogP contribution in [-0.4, -0.2) is 110 Å². The summed E-state index contributed by atoms with van der Waals surface area (Å²) in [5.74, 6) is -2.00. The van der Waals surface area contributed by atoms with Crippen LogP contribution in [-0.2, 0) is 29.1 Å². The van der Waals surface area contributed by atoms with E-state index in [4.69, 9.17) is 28.7 Å². The zero-order valence-electron chi connectivity index (χ0n) is 37.2. The fraction of sp³-hybridized carbons (Fsp3) is 0.543. The summed E-state index contributed by atoms with van der Waals surface area (Å²) in [7, 11) is -2.48. The topological polar surface area (TPSA) is 201 Å². The van der Waals surface area contributed by atoms with E-state index in [1.54, 1.807) is 43.3 Å². The summed E-state index contributed by atoms with van der Waals surface area (Å²) in [6, 6.07) is 9.66. The van der Waals surface area contributed by atoms with Crippen LogP contribution >= 0.6 is 0 Å². The highest BCUT2D eigenvalue weighted by Gasteiger charge is 2.62. The van der Waals surface area contributed by atoms with E-state index in [2.05, 4.69) is 15.4 Å². The molecule has 2 aliphatic carbocycles. The molecule has 2 aromatic carbocycles. The molecule has 4 heterocycles. The number of sulfonamides is 1. The van der Waals surface area contributed by atoms with Crippen LogP contribution in [0.4, 0.5) is 18.0 Å². The molecule has 20 heteroatoms. The van der Waals surface area contributed by atoms with Crippen molar-refractivity contribution < 1.29 is 64.5 Å². The molecular formula is C46H54F3N5O11S. The summed E-state index contributed by atoms with van der Waals surface area (Å²) in [6.45, 7) is 5.51. The third kappa shape index (κ3) is 9.69. The molecule has 4 amide bonds. The molecule has 3 aliphatic heterocycles. The Bertz CT molecular complexity index is 2550. The van der Waals surface area contributed by atoms with Gasteiger partial charge in [0.15, 0.2) is 11.5 Å². The summed E-state index contributed by atoms with van der Waals surface area (Å²) < 4.78 is 98.4. The van der Waals surface area contributed by atoms with E-state index in [0.717, 1.165) is 0 Å². The van der Waals surface area contributed by atoms with Gasteiger partial charge in [0.2, 0.25) is 33.3 Å². The van der Waals surface area contributed by atoms with Crippen LogP contribution in [0.2, 0.25) is 0 Å². The Morgan fingerprint density at radius 3 is 2.44 bits per heavy atom. The van der Waals surface area contributed by atoms with Gasteiger partial charge in [-0.05, 0) is 112 Å². The van der Waals surface area contributed by atoms with Crippen molar-refractivity contribution in [3.8, 4) is 34.4 Å². The second-order valence-electron chi connectivity index (χ2n) is 18.5. The van der Waals surface area contributed by atoms with Gasteiger partial charge in [-0.3, -0.25) is 19.1 Å². The van der Waals surface area contributed by atoms with E-state index in [1.165, 1.54) is 12.0 Å². The molecule has 3 N–H and O–H groups in total. The minimum Gasteiger partial charge on any atom is -0.497 e. The first kappa shape index (κ1) is 46.7. The molecular weight excluding hydrogens is 888 g/mol. The van der Waals surface area contributed by atoms with Crippen molar-refractivity contribution in [1.29, 1.82) is 0 Å². The lowest BCUT2D eigenvalue weighted by molar-refractivity contribution is -0.244. The highest BCUT2D eigenvalue weighted by Crippen LogP contribution is 2.46. The number of hydrogen-bond donors (Lipinski definition) is 3. The molecule has 16 nitrogen and oxygen atoms in total. The maximum absolute atomic E-state index is 15.0. The van der Waals surface area contributed by atoms with E-state index in [9.17, 15) is 36.0 Å². The van der Waals surface area contributed by atoms with Gasteiger partial charge in [0.1, 0.15) is 42.7 Å². The number of carbonyl (C=O) groups excluding carboxylic acids is 4.